The van der Waals surface area contributed by atoms with Crippen molar-refractivity contribution in [3.8, 4) is 23.3 Å². The first kappa shape index (κ1) is 20.7. The highest BCUT2D eigenvalue weighted by Crippen LogP contribution is 2.30. The van der Waals surface area contributed by atoms with Gasteiger partial charge in [-0.1, -0.05) is 48.5 Å². The number of carbonyl (C=O) groups excluding carboxylic acids is 1. The van der Waals surface area contributed by atoms with Crippen molar-refractivity contribution >= 4 is 11.9 Å². The van der Waals surface area contributed by atoms with Gasteiger partial charge >= 0.3 is 0 Å². The lowest BCUT2D eigenvalue weighted by atomic mass is 10.0. The summed E-state index contributed by atoms with van der Waals surface area (Å²) in [6, 6.07) is 23.8. The molecule has 0 saturated carbocycles. The third-order valence-electron chi connectivity index (χ3n) is 4.43. The molecule has 3 aromatic carbocycles. The first-order valence-electron chi connectivity index (χ1n) is 9.30. The molecule has 0 saturated heterocycles. The van der Waals surface area contributed by atoms with Crippen LogP contribution in [0.25, 0.3) is 6.08 Å². The fourth-order valence-electron chi connectivity index (χ4n) is 2.86. The van der Waals surface area contributed by atoms with Crippen LogP contribution < -0.4 is 14.2 Å². The minimum Gasteiger partial charge on any atom is -0.497 e. The molecule has 0 heterocycles. The van der Waals surface area contributed by atoms with Crippen LogP contribution in [0.3, 0.4) is 0 Å². The molecule has 0 fully saturated rings. The van der Waals surface area contributed by atoms with Crippen molar-refractivity contribution < 1.29 is 19.0 Å². The van der Waals surface area contributed by atoms with E-state index in [2.05, 4.69) is 0 Å². The number of methoxy groups -OCH3 is 2. The van der Waals surface area contributed by atoms with Crippen molar-refractivity contribution in [2.75, 3.05) is 14.2 Å². The van der Waals surface area contributed by atoms with E-state index in [-0.39, 0.29) is 11.4 Å². The molecule has 0 radical (unpaired) electrons. The van der Waals surface area contributed by atoms with Crippen LogP contribution in [-0.2, 0) is 6.61 Å². The number of ketones is 1. The van der Waals surface area contributed by atoms with Crippen molar-refractivity contribution in [3.63, 3.8) is 0 Å². The summed E-state index contributed by atoms with van der Waals surface area (Å²) in [5.74, 6) is 1.28. The van der Waals surface area contributed by atoms with Gasteiger partial charge in [-0.15, -0.1) is 0 Å². The van der Waals surface area contributed by atoms with Crippen LogP contribution >= 0.6 is 0 Å². The van der Waals surface area contributed by atoms with Gasteiger partial charge < -0.3 is 14.2 Å². The molecule has 5 heteroatoms. The van der Waals surface area contributed by atoms with E-state index in [0.29, 0.717) is 35.0 Å². The summed E-state index contributed by atoms with van der Waals surface area (Å²) in [5, 5.41) is 9.51. The smallest absolute Gasteiger partial charge is 0.203 e. The molecule has 30 heavy (non-hydrogen) atoms. The zero-order valence-electron chi connectivity index (χ0n) is 16.8. The zero-order chi connectivity index (χ0) is 21.3. The first-order valence-corrected chi connectivity index (χ1v) is 9.30. The molecular formula is C25H21NO4. The van der Waals surface area contributed by atoms with Crippen molar-refractivity contribution in [2.45, 2.75) is 6.61 Å². The van der Waals surface area contributed by atoms with Gasteiger partial charge in [-0.3, -0.25) is 4.79 Å². The fourth-order valence-corrected chi connectivity index (χ4v) is 2.86. The Balaban J connectivity index is 1.82. The predicted octanol–water partition coefficient (Wildman–Crippen LogP) is 5.07. The minimum absolute atomic E-state index is 0.0169. The Morgan fingerprint density at radius 2 is 1.73 bits per heavy atom. The highest BCUT2D eigenvalue weighted by Gasteiger charge is 2.14. The highest BCUT2D eigenvalue weighted by atomic mass is 16.5. The quantitative estimate of drug-likeness (QED) is 0.300. The Hall–Kier alpha value is -4.04. The number of hydrogen-bond donors (Lipinski definition) is 0. The summed E-state index contributed by atoms with van der Waals surface area (Å²) in [4.78, 5) is 12.7. The van der Waals surface area contributed by atoms with E-state index in [9.17, 15) is 10.1 Å². The van der Waals surface area contributed by atoms with E-state index < -0.39 is 0 Å². The van der Waals surface area contributed by atoms with Gasteiger partial charge in [-0.2, -0.15) is 5.26 Å². The largest absolute Gasteiger partial charge is 0.497 e. The van der Waals surface area contributed by atoms with E-state index in [0.717, 1.165) is 5.56 Å². The fraction of sp³-hybridized carbons (Fsp3) is 0.120. The standard InChI is InChI=1S/C25H21NO4/c1-28-22-10-6-9-20(15-22)25(27)21(16-26)13-19-11-12-23(24(14-19)29-2)30-17-18-7-4-3-5-8-18/h3-15H,17H2,1-2H3/b21-13-. The van der Waals surface area contributed by atoms with Gasteiger partial charge in [0.05, 0.1) is 14.2 Å². The van der Waals surface area contributed by atoms with Crippen LogP contribution in [0.2, 0.25) is 0 Å². The monoisotopic (exact) mass is 399 g/mol. The maximum atomic E-state index is 12.7. The van der Waals surface area contributed by atoms with Crippen molar-refractivity contribution in [2.24, 2.45) is 0 Å². The highest BCUT2D eigenvalue weighted by molar-refractivity contribution is 6.14. The third-order valence-corrected chi connectivity index (χ3v) is 4.43. The number of nitriles is 1. The number of benzene rings is 3. The zero-order valence-corrected chi connectivity index (χ0v) is 16.8. The van der Waals surface area contributed by atoms with E-state index in [1.165, 1.54) is 13.2 Å². The Morgan fingerprint density at radius 1 is 0.933 bits per heavy atom. The van der Waals surface area contributed by atoms with Gasteiger partial charge in [0.1, 0.15) is 24.0 Å². The maximum absolute atomic E-state index is 12.7. The third kappa shape index (κ3) is 5.06. The van der Waals surface area contributed by atoms with Gasteiger partial charge in [0.25, 0.3) is 0 Å². The minimum atomic E-state index is -0.375. The Bertz CT molecular complexity index is 1100. The summed E-state index contributed by atoms with van der Waals surface area (Å²) in [5.41, 5.74) is 2.10. The van der Waals surface area contributed by atoms with Crippen LogP contribution in [0.4, 0.5) is 0 Å². The van der Waals surface area contributed by atoms with Crippen LogP contribution in [0.5, 0.6) is 17.2 Å². The molecule has 0 aromatic heterocycles. The molecule has 150 valence electrons. The predicted molar refractivity (Wildman–Crippen MR) is 115 cm³/mol. The van der Waals surface area contributed by atoms with Crippen molar-refractivity contribution in [1.29, 1.82) is 5.26 Å². The van der Waals surface area contributed by atoms with E-state index >= 15 is 0 Å². The average Bonchev–Trinajstić information content (AvgIpc) is 2.81. The molecule has 0 aliphatic carbocycles. The van der Waals surface area contributed by atoms with E-state index in [1.807, 2.05) is 36.4 Å². The second-order valence-corrected chi connectivity index (χ2v) is 6.42. The molecule has 0 aliphatic heterocycles. The summed E-state index contributed by atoms with van der Waals surface area (Å²) in [6.07, 6.45) is 1.53. The van der Waals surface area contributed by atoms with Gasteiger partial charge in [0, 0.05) is 5.56 Å². The van der Waals surface area contributed by atoms with Crippen molar-refractivity contribution in [1.82, 2.24) is 0 Å². The summed E-state index contributed by atoms with van der Waals surface area (Å²) in [6.45, 7) is 0.407. The summed E-state index contributed by atoms with van der Waals surface area (Å²) < 4.78 is 16.4. The van der Waals surface area contributed by atoms with E-state index in [1.54, 1.807) is 49.6 Å². The number of nitrogens with zero attached hydrogens (tertiary/aromatic N) is 1. The van der Waals surface area contributed by atoms with Crippen LogP contribution in [0.1, 0.15) is 21.5 Å². The molecule has 5 nitrogen and oxygen atoms in total. The van der Waals surface area contributed by atoms with Crippen LogP contribution in [-0.4, -0.2) is 20.0 Å². The molecule has 0 bridgehead atoms. The van der Waals surface area contributed by atoms with Gasteiger partial charge in [-0.05, 0) is 41.5 Å². The molecule has 0 atom stereocenters. The lowest BCUT2D eigenvalue weighted by Crippen LogP contribution is -2.02. The SMILES string of the molecule is COc1cccc(C(=O)/C(C#N)=C\c2ccc(OCc3ccccc3)c(OC)c2)c1. The average molecular weight is 399 g/mol. The number of Topliss-reactive ketones (excluding diaryl/α,β-unsaturated/α-hetero) is 1. The molecule has 0 aliphatic rings. The van der Waals surface area contributed by atoms with Gasteiger partial charge in [-0.25, -0.2) is 0 Å². The summed E-state index contributed by atoms with van der Waals surface area (Å²) >= 11 is 0. The Labute approximate surface area is 175 Å². The molecule has 3 rings (SSSR count). The molecule has 0 spiro atoms. The van der Waals surface area contributed by atoms with Crippen LogP contribution in [0.15, 0.2) is 78.4 Å². The normalized spacial score (nSPS) is 10.8. The van der Waals surface area contributed by atoms with Crippen LogP contribution in [0, 0.1) is 11.3 Å². The summed E-state index contributed by atoms with van der Waals surface area (Å²) in [7, 11) is 3.07. The topological polar surface area (TPSA) is 68.6 Å². The molecule has 0 amide bonds. The number of allylic oxidation sites excluding steroid dienone is 1. The lowest BCUT2D eigenvalue weighted by Gasteiger charge is -2.11. The van der Waals surface area contributed by atoms with Gasteiger partial charge in [0.15, 0.2) is 11.5 Å². The van der Waals surface area contributed by atoms with E-state index in [4.69, 9.17) is 14.2 Å². The Morgan fingerprint density at radius 3 is 2.43 bits per heavy atom. The number of carbonyl (C=O) groups is 1. The molecule has 3 aromatic rings. The lowest BCUT2D eigenvalue weighted by molar-refractivity contribution is 0.103. The second kappa shape index (κ2) is 9.94. The molecule has 0 N–H and O–H groups in total. The first-order chi connectivity index (χ1) is 14.6. The Kier molecular flexibility index (Phi) is 6.86. The number of rotatable bonds is 8. The molecular weight excluding hydrogens is 378 g/mol. The number of ether oxygens (including phenoxy) is 3. The van der Waals surface area contributed by atoms with Crippen molar-refractivity contribution in [3.05, 3.63) is 95.1 Å². The van der Waals surface area contributed by atoms with Gasteiger partial charge in [0.2, 0.25) is 5.78 Å². The molecule has 0 unspecified atom stereocenters. The maximum Gasteiger partial charge on any atom is 0.203 e. The second-order valence-electron chi connectivity index (χ2n) is 6.42. The number of hydrogen-bond acceptors (Lipinski definition) is 5.